The smallest absolute Gasteiger partial charge is 0.312 e. The third-order valence-corrected chi connectivity index (χ3v) is 36.2. The summed E-state index contributed by atoms with van der Waals surface area (Å²) in [5.41, 5.74) is 12.2. The second-order valence-electron chi connectivity index (χ2n) is 47.1. The van der Waals surface area contributed by atoms with Gasteiger partial charge in [-0.1, -0.05) is 314 Å². The van der Waals surface area contributed by atoms with E-state index in [0.29, 0.717) is 59.2 Å². The summed E-state index contributed by atoms with van der Waals surface area (Å²) in [6.45, 7) is 47.9. The summed E-state index contributed by atoms with van der Waals surface area (Å²) in [4.78, 5) is 25.5. The molecule has 10 aliphatic carbocycles. The normalized spacial score (nSPS) is 24.8. The van der Waals surface area contributed by atoms with Crippen LogP contribution in [0.5, 0.6) is 23.0 Å². The number of rotatable bonds is 26. The number of ether oxygens (including phenoxy) is 6. The van der Waals surface area contributed by atoms with E-state index in [9.17, 15) is 9.59 Å². The molecule has 0 radical (unpaired) electrons. The Morgan fingerprint density at radius 1 is 0.350 bits per heavy atom. The average molecular weight is 1940 g/mol. The molecule has 20 atom stereocenters. The molecule has 0 saturated heterocycles. The number of carbonyl (C=O) groups is 2. The molecule has 10 aromatic rings. The van der Waals surface area contributed by atoms with E-state index in [-0.39, 0.29) is 24.5 Å². The third-order valence-electron chi connectivity index (χ3n) is 36.2. The Bertz CT molecular complexity index is 5340. The third kappa shape index (κ3) is 28.2. The van der Waals surface area contributed by atoms with Crippen molar-refractivity contribution >= 4 is 33.5 Å². The number of aromatic hydroxyl groups is 2. The molecule has 10 aliphatic rings. The highest BCUT2D eigenvalue weighted by molar-refractivity contribution is 5.85. The molecule has 143 heavy (non-hydrogen) atoms. The Kier molecular flexibility index (Phi) is 39.9. The predicted octanol–water partition coefficient (Wildman–Crippen LogP) is 36.1. The van der Waals surface area contributed by atoms with Gasteiger partial charge in [0, 0.05) is 11.8 Å². The fourth-order valence-corrected chi connectivity index (χ4v) is 24.7. The van der Waals surface area contributed by atoms with Crippen LogP contribution in [0.3, 0.4) is 0 Å². The van der Waals surface area contributed by atoms with Gasteiger partial charge in [-0.25, -0.2) is 0 Å². The zero-order chi connectivity index (χ0) is 102. The first-order valence-electron chi connectivity index (χ1n) is 56.6. The largest absolute Gasteiger partial charge is 0.508 e. The Balaban J connectivity index is 0.000000141. The summed E-state index contributed by atoms with van der Waals surface area (Å²) >= 11 is 0. The van der Waals surface area contributed by atoms with Crippen molar-refractivity contribution in [3.63, 3.8) is 0 Å². The molecule has 4 bridgehead atoms. The number of esters is 2. The van der Waals surface area contributed by atoms with Crippen molar-refractivity contribution in [2.45, 2.75) is 397 Å². The lowest BCUT2D eigenvalue weighted by atomic mass is 9.78. The monoisotopic (exact) mass is 1940 g/mol. The molecule has 0 aromatic heterocycles. The number of fused-ring (bicyclic) bond motifs is 14. The molecular weight excluding hydrogens is 1760 g/mol. The Morgan fingerprint density at radius 2 is 0.657 bits per heavy atom. The fourth-order valence-electron chi connectivity index (χ4n) is 24.7. The molecule has 2 N–H and O–H groups in total. The van der Waals surface area contributed by atoms with Gasteiger partial charge in [-0.15, -0.1) is 0 Å². The number of phenolic OH excluding ortho intramolecular Hbond substituents is 2. The van der Waals surface area contributed by atoms with E-state index < -0.39 is 22.0 Å². The Labute approximate surface area is 864 Å². The highest BCUT2D eigenvalue weighted by Gasteiger charge is 2.57. The quantitative estimate of drug-likeness (QED) is 0.0399. The summed E-state index contributed by atoms with van der Waals surface area (Å²) in [5.74, 6) is 16.2. The van der Waals surface area contributed by atoms with Crippen LogP contribution >= 0.6 is 0 Å². The summed E-state index contributed by atoms with van der Waals surface area (Å²) < 4.78 is 38.2. The maximum atomic E-state index is 12.8. The van der Waals surface area contributed by atoms with Crippen molar-refractivity contribution in [1.82, 2.24) is 0 Å². The molecule has 20 rings (SSSR count). The van der Waals surface area contributed by atoms with Crippen molar-refractivity contribution in [2.24, 2.45) is 81.8 Å². The van der Waals surface area contributed by atoms with Crippen LogP contribution in [-0.4, -0.2) is 46.9 Å². The van der Waals surface area contributed by atoms with Crippen molar-refractivity contribution in [1.29, 1.82) is 0 Å². The van der Waals surface area contributed by atoms with Crippen LogP contribution in [-0.2, 0) is 52.6 Å². The van der Waals surface area contributed by atoms with E-state index in [4.69, 9.17) is 38.6 Å². The first-order chi connectivity index (χ1) is 68.6. The van der Waals surface area contributed by atoms with E-state index in [1.165, 1.54) is 140 Å². The lowest BCUT2D eigenvalue weighted by Gasteiger charge is -2.39. The van der Waals surface area contributed by atoms with Crippen LogP contribution in [0.15, 0.2) is 231 Å². The van der Waals surface area contributed by atoms with Gasteiger partial charge in [0.25, 0.3) is 0 Å². The van der Waals surface area contributed by atoms with E-state index in [2.05, 4.69) is 293 Å². The summed E-state index contributed by atoms with van der Waals surface area (Å²) in [6, 6.07) is 79.5. The molecule has 10 aromatic carbocycles. The molecule has 0 aliphatic heterocycles. The number of hydrogen-bond donors (Lipinski definition) is 2. The van der Waals surface area contributed by atoms with E-state index >= 15 is 0 Å². The molecule has 0 heterocycles. The first kappa shape index (κ1) is 111. The molecule has 8 saturated carbocycles. The lowest BCUT2D eigenvalue weighted by Crippen LogP contribution is -2.39. The van der Waals surface area contributed by atoms with Crippen LogP contribution in [0.4, 0.5) is 0 Å². The van der Waals surface area contributed by atoms with Crippen LogP contribution in [0.25, 0.3) is 21.5 Å². The predicted molar refractivity (Wildman–Crippen MR) is 595 cm³/mol. The molecular formula is C133H182O10. The number of hydrogen-bond acceptors (Lipinski definition) is 10. The highest BCUT2D eigenvalue weighted by Crippen LogP contribution is 2.62. The first-order valence-corrected chi connectivity index (χ1v) is 56.6. The van der Waals surface area contributed by atoms with E-state index in [0.717, 1.165) is 171 Å². The lowest BCUT2D eigenvalue weighted by molar-refractivity contribution is -0.176. The second-order valence-corrected chi connectivity index (χ2v) is 47.1. The van der Waals surface area contributed by atoms with Gasteiger partial charge >= 0.3 is 11.9 Å². The van der Waals surface area contributed by atoms with Gasteiger partial charge in [0.15, 0.2) is 0 Å². The van der Waals surface area contributed by atoms with Crippen LogP contribution in [0, 0.1) is 81.8 Å². The number of carbonyl (C=O) groups excluding carboxylic acids is 2. The van der Waals surface area contributed by atoms with Gasteiger partial charge in [-0.05, 0) is 414 Å². The second kappa shape index (κ2) is 51.4. The Morgan fingerprint density at radius 3 is 0.979 bits per heavy atom. The van der Waals surface area contributed by atoms with Crippen LogP contribution < -0.4 is 9.47 Å². The van der Waals surface area contributed by atoms with Gasteiger partial charge in [0.2, 0.25) is 12.6 Å². The zero-order valence-corrected chi connectivity index (χ0v) is 91.9. The number of phenols is 2. The maximum absolute atomic E-state index is 12.8. The molecule has 8 fully saturated rings. The van der Waals surface area contributed by atoms with Crippen LogP contribution in [0.2, 0.25) is 0 Å². The van der Waals surface area contributed by atoms with Crippen molar-refractivity contribution in [3.05, 3.63) is 286 Å². The Hall–Kier alpha value is -9.22. The highest BCUT2D eigenvalue weighted by atomic mass is 16.7. The minimum absolute atomic E-state index is 0.0694. The minimum Gasteiger partial charge on any atom is -0.508 e. The summed E-state index contributed by atoms with van der Waals surface area (Å²) in [6.07, 6.45) is 32.8. The molecule has 10 nitrogen and oxygen atoms in total. The summed E-state index contributed by atoms with van der Waals surface area (Å²) in [7, 11) is 0. The minimum atomic E-state index is -0.453. The van der Waals surface area contributed by atoms with Gasteiger partial charge in [-0.3, -0.25) is 9.59 Å². The van der Waals surface area contributed by atoms with E-state index in [1.807, 2.05) is 65.8 Å². The maximum Gasteiger partial charge on any atom is 0.312 e. The van der Waals surface area contributed by atoms with Gasteiger partial charge < -0.3 is 38.6 Å². The topological polar surface area (TPSA) is 130 Å². The van der Waals surface area contributed by atoms with E-state index in [1.54, 1.807) is 46.5 Å². The average Bonchev–Trinajstić information content (AvgIpc) is 1.60. The van der Waals surface area contributed by atoms with Gasteiger partial charge in [-0.2, -0.15) is 0 Å². The van der Waals surface area contributed by atoms with Gasteiger partial charge in [0.1, 0.15) is 34.2 Å². The molecule has 10 heteroatoms. The molecule has 0 amide bonds. The SMILES string of the molecule is CC1Cc2ccccc2C1C.CC1Cc2ccccc2C1C.CCC(C)(C)C(=O)OC1(c2ccc3ccccc3c2)CCCC1.CCC(C)(C)C(=O)OC1(c2ccc3ccccc3c2)CCCCC1.CCC(C)c1ccc(O)cc1.CCC(C)c1ccc(O)cc1.CCC(C)c1ccc(OC(OC2CC3CC2C2CCCC32)C(C)C)cc1.CCC(C)c1ccc(OC(OC2CC3CC2C2CCCC32)C(C)C)cc1. The van der Waals surface area contributed by atoms with Crippen molar-refractivity contribution in [3.8, 4) is 23.0 Å². The van der Waals surface area contributed by atoms with Crippen LogP contribution in [0.1, 0.15) is 404 Å². The fraction of sp³-hybridized carbons (Fsp3) is 0.564. The standard InChI is InChI=1S/2C24H36O2.C22H28O2.C21H26O2.2C11H14.2C10H14O/c2*1-5-16(4)17-9-11-19(12-10-17)25-24(15(2)3)26-23-14-18-13-22(23)21-8-6-7-20(18)21;1-4-21(2,3)20(23)24-22(14-8-5-9-15-22)19-13-12-17-10-6-7-11-18(17)16-19;1-4-20(2,3)19(22)23-21(13-7-8-14-21)18-12-11-16-9-5-6-10-17(16)15-18;2*1-8-7-10-5-3-4-6-11(10)9(8)2;2*1-3-8(2)9-4-6-10(11)7-5-9/h2*9-12,15-16,18,20-24H,5-8,13-14H2,1-4H3;6-7,10-13,16H,4-5,8-9,14-15H2,1-3H3;5-6,9-12,15H,4,7-8,13-14H2,1-3H3;2*3-6,8-9H,7H2,1-2H3;2*4-8,11H,3H2,1-2H3. The molecule has 20 unspecified atom stereocenters. The van der Waals surface area contributed by atoms with Gasteiger partial charge in [0.05, 0.1) is 23.0 Å². The zero-order valence-electron chi connectivity index (χ0n) is 91.9. The van der Waals surface area contributed by atoms with Crippen molar-refractivity contribution in [2.75, 3.05) is 0 Å². The van der Waals surface area contributed by atoms with Crippen molar-refractivity contribution < 1.29 is 48.2 Å². The number of benzene rings is 10. The molecule has 0 spiro atoms. The summed E-state index contributed by atoms with van der Waals surface area (Å²) in [5, 5.41) is 22.9. The molecule has 774 valence electrons.